The summed E-state index contributed by atoms with van der Waals surface area (Å²) in [6.45, 7) is 1.98. The number of aromatic nitrogens is 2. The number of carbonyl (C=O) groups is 2. The van der Waals surface area contributed by atoms with E-state index >= 15 is 0 Å². The molecule has 3 rings (SSSR count). The molecular formula is C18H15F3N4O4S2. The standard InChI is InChI=1S/C18H15F3N4O4S2/c1-2-28-14(26)7-11-8-30-17(23-11)25-15(27)13-9-31-16(24-13)22-10-3-5-12(6-4-10)29-18(19,20)21/h3-6,8-9H,2,7H2,1H3,(H,22,24)(H,23,25,27). The smallest absolute Gasteiger partial charge is 0.466 e. The van der Waals surface area contributed by atoms with E-state index < -0.39 is 18.2 Å². The third kappa shape index (κ3) is 6.93. The van der Waals surface area contributed by atoms with Crippen LogP contribution >= 0.6 is 22.7 Å². The molecule has 8 nitrogen and oxygen atoms in total. The lowest BCUT2D eigenvalue weighted by Crippen LogP contribution is -2.16. The van der Waals surface area contributed by atoms with Crippen molar-refractivity contribution in [2.75, 3.05) is 17.2 Å². The monoisotopic (exact) mass is 472 g/mol. The van der Waals surface area contributed by atoms with Gasteiger partial charge in [-0.3, -0.25) is 14.9 Å². The summed E-state index contributed by atoms with van der Waals surface area (Å²) >= 11 is 2.31. The maximum atomic E-state index is 12.3. The number of alkyl halides is 3. The van der Waals surface area contributed by atoms with Crippen molar-refractivity contribution in [1.82, 2.24) is 9.97 Å². The van der Waals surface area contributed by atoms with Crippen molar-refractivity contribution >= 4 is 50.5 Å². The van der Waals surface area contributed by atoms with E-state index in [1.165, 1.54) is 17.5 Å². The zero-order valence-electron chi connectivity index (χ0n) is 15.9. The number of esters is 1. The van der Waals surface area contributed by atoms with E-state index in [4.69, 9.17) is 4.74 Å². The molecule has 3 aromatic rings. The van der Waals surface area contributed by atoms with Crippen molar-refractivity contribution in [3.63, 3.8) is 0 Å². The van der Waals surface area contributed by atoms with E-state index in [-0.39, 0.29) is 24.5 Å². The molecule has 1 amide bonds. The lowest BCUT2D eigenvalue weighted by molar-refractivity contribution is -0.274. The molecule has 0 atom stereocenters. The Hall–Kier alpha value is -3.19. The highest BCUT2D eigenvalue weighted by Gasteiger charge is 2.30. The van der Waals surface area contributed by atoms with Crippen LogP contribution in [-0.4, -0.2) is 34.8 Å². The number of ether oxygens (including phenoxy) is 2. The van der Waals surface area contributed by atoms with Crippen LogP contribution in [0.4, 0.5) is 29.1 Å². The zero-order chi connectivity index (χ0) is 22.4. The van der Waals surface area contributed by atoms with Gasteiger partial charge in [0.15, 0.2) is 10.3 Å². The van der Waals surface area contributed by atoms with Crippen LogP contribution in [0, 0.1) is 0 Å². The molecule has 0 saturated carbocycles. The van der Waals surface area contributed by atoms with E-state index in [0.717, 1.165) is 34.8 Å². The molecule has 1 aromatic carbocycles. The van der Waals surface area contributed by atoms with Crippen LogP contribution < -0.4 is 15.4 Å². The van der Waals surface area contributed by atoms with Crippen molar-refractivity contribution in [1.29, 1.82) is 0 Å². The quantitative estimate of drug-likeness (QED) is 0.462. The maximum absolute atomic E-state index is 12.3. The number of halogens is 3. The average Bonchev–Trinajstić information content (AvgIpc) is 3.32. The molecule has 0 aliphatic heterocycles. The molecule has 164 valence electrons. The summed E-state index contributed by atoms with van der Waals surface area (Å²) in [6.07, 6.45) is -4.75. The lowest BCUT2D eigenvalue weighted by Gasteiger charge is -2.09. The molecular weight excluding hydrogens is 457 g/mol. The lowest BCUT2D eigenvalue weighted by atomic mass is 10.3. The van der Waals surface area contributed by atoms with Crippen LogP contribution in [0.5, 0.6) is 5.75 Å². The fourth-order valence-electron chi connectivity index (χ4n) is 2.27. The van der Waals surface area contributed by atoms with Crippen molar-refractivity contribution in [3.05, 3.63) is 46.4 Å². The second-order valence-electron chi connectivity index (χ2n) is 5.81. The fourth-order valence-corrected chi connectivity index (χ4v) is 3.68. The number of benzene rings is 1. The van der Waals surface area contributed by atoms with E-state index in [2.05, 4.69) is 25.3 Å². The largest absolute Gasteiger partial charge is 0.573 e. The van der Waals surface area contributed by atoms with Crippen LogP contribution in [-0.2, 0) is 16.0 Å². The van der Waals surface area contributed by atoms with Crippen LogP contribution in [0.2, 0.25) is 0 Å². The van der Waals surface area contributed by atoms with Gasteiger partial charge in [0.25, 0.3) is 5.91 Å². The third-order valence-electron chi connectivity index (χ3n) is 3.48. The minimum absolute atomic E-state index is 0.0117. The molecule has 0 saturated heterocycles. The maximum Gasteiger partial charge on any atom is 0.573 e. The Kier molecular flexibility index (Phi) is 7.07. The number of rotatable bonds is 8. The van der Waals surface area contributed by atoms with Gasteiger partial charge >= 0.3 is 12.3 Å². The van der Waals surface area contributed by atoms with Crippen LogP contribution in [0.3, 0.4) is 0 Å². The molecule has 0 aliphatic rings. The first-order valence-electron chi connectivity index (χ1n) is 8.71. The third-order valence-corrected chi connectivity index (χ3v) is 5.04. The summed E-state index contributed by atoms with van der Waals surface area (Å²) < 4.78 is 45.3. The van der Waals surface area contributed by atoms with E-state index in [1.807, 2.05) is 0 Å². The van der Waals surface area contributed by atoms with Crippen LogP contribution in [0.25, 0.3) is 0 Å². The van der Waals surface area contributed by atoms with Crippen LogP contribution in [0.15, 0.2) is 35.0 Å². The highest BCUT2D eigenvalue weighted by Crippen LogP contribution is 2.26. The van der Waals surface area contributed by atoms with E-state index in [1.54, 1.807) is 12.3 Å². The molecule has 0 spiro atoms. The van der Waals surface area contributed by atoms with Gasteiger partial charge in [-0.1, -0.05) is 0 Å². The Balaban J connectivity index is 1.56. The van der Waals surface area contributed by atoms with E-state index in [9.17, 15) is 22.8 Å². The van der Waals surface area contributed by atoms with Gasteiger partial charge in [-0.15, -0.1) is 35.8 Å². The van der Waals surface area contributed by atoms with Gasteiger partial charge in [0, 0.05) is 16.4 Å². The minimum atomic E-state index is -4.76. The first-order chi connectivity index (χ1) is 14.7. The Bertz CT molecular complexity index is 1050. The van der Waals surface area contributed by atoms with Crippen molar-refractivity contribution < 1.29 is 32.2 Å². The Morgan fingerprint density at radius 1 is 1.06 bits per heavy atom. The molecule has 2 N–H and O–H groups in total. The van der Waals surface area contributed by atoms with Gasteiger partial charge < -0.3 is 14.8 Å². The van der Waals surface area contributed by atoms with Gasteiger partial charge in [0.1, 0.15) is 11.4 Å². The predicted molar refractivity (Wildman–Crippen MR) is 109 cm³/mol. The van der Waals surface area contributed by atoms with Gasteiger partial charge in [-0.2, -0.15) is 0 Å². The van der Waals surface area contributed by atoms with E-state index in [0.29, 0.717) is 21.6 Å². The molecule has 13 heteroatoms. The summed E-state index contributed by atoms with van der Waals surface area (Å²) in [6, 6.07) is 5.10. The Labute approximate surface area is 182 Å². The number of anilines is 3. The summed E-state index contributed by atoms with van der Waals surface area (Å²) in [5.41, 5.74) is 1.09. The first kappa shape index (κ1) is 22.5. The average molecular weight is 472 g/mol. The first-order valence-corrected chi connectivity index (χ1v) is 10.5. The Morgan fingerprint density at radius 3 is 2.45 bits per heavy atom. The molecule has 0 aliphatic carbocycles. The predicted octanol–water partition coefficient (Wildman–Crippen LogP) is 4.60. The normalized spacial score (nSPS) is 11.1. The SMILES string of the molecule is CCOC(=O)Cc1csc(NC(=O)c2csc(Nc3ccc(OC(F)(F)F)cc3)n2)n1. The fraction of sp³-hybridized carbons (Fsp3) is 0.222. The number of nitrogens with one attached hydrogen (secondary N) is 2. The number of hydrogen-bond acceptors (Lipinski definition) is 9. The molecule has 0 bridgehead atoms. The highest BCUT2D eigenvalue weighted by atomic mass is 32.1. The van der Waals surface area contributed by atoms with Gasteiger partial charge in [-0.05, 0) is 31.2 Å². The van der Waals surface area contributed by atoms with Crippen molar-refractivity contribution in [2.24, 2.45) is 0 Å². The van der Waals surface area contributed by atoms with Gasteiger partial charge in [-0.25, -0.2) is 9.97 Å². The summed E-state index contributed by atoms with van der Waals surface area (Å²) in [4.78, 5) is 32.1. The molecule has 0 unspecified atom stereocenters. The number of amides is 1. The zero-order valence-corrected chi connectivity index (χ0v) is 17.5. The van der Waals surface area contributed by atoms with Crippen molar-refractivity contribution in [3.8, 4) is 5.75 Å². The molecule has 2 heterocycles. The minimum Gasteiger partial charge on any atom is -0.466 e. The topological polar surface area (TPSA) is 102 Å². The Morgan fingerprint density at radius 2 is 1.77 bits per heavy atom. The number of hydrogen-bond donors (Lipinski definition) is 2. The van der Waals surface area contributed by atoms with Crippen LogP contribution in [0.1, 0.15) is 23.1 Å². The number of thiazole rings is 2. The molecule has 0 fully saturated rings. The van der Waals surface area contributed by atoms with Gasteiger partial charge in [0.05, 0.1) is 18.7 Å². The second-order valence-corrected chi connectivity index (χ2v) is 7.53. The summed E-state index contributed by atoms with van der Waals surface area (Å²) in [5.74, 6) is -1.24. The summed E-state index contributed by atoms with van der Waals surface area (Å²) in [7, 11) is 0. The molecule has 31 heavy (non-hydrogen) atoms. The molecule has 0 radical (unpaired) electrons. The number of carbonyl (C=O) groups excluding carboxylic acids is 2. The van der Waals surface area contributed by atoms with Gasteiger partial charge in [0.2, 0.25) is 0 Å². The second kappa shape index (κ2) is 9.75. The number of nitrogens with zero attached hydrogens (tertiary/aromatic N) is 2. The molecule has 2 aromatic heterocycles. The summed E-state index contributed by atoms with van der Waals surface area (Å²) in [5, 5.41) is 9.35. The highest BCUT2D eigenvalue weighted by molar-refractivity contribution is 7.14. The van der Waals surface area contributed by atoms with Crippen molar-refractivity contribution in [2.45, 2.75) is 19.7 Å².